The number of rotatable bonds is 5. The Labute approximate surface area is 62.5 Å². The maximum Gasteiger partial charge on any atom is 0.0643 e. The first-order chi connectivity index (χ1) is 4.66. The summed E-state index contributed by atoms with van der Waals surface area (Å²) in [4.78, 5) is 0. The normalized spacial score (nSPS) is 14.1. The Balaban J connectivity index is 3.12. The molecule has 0 aliphatic rings. The van der Waals surface area contributed by atoms with Crippen LogP contribution >= 0.6 is 0 Å². The van der Waals surface area contributed by atoms with Crippen molar-refractivity contribution in [2.75, 3.05) is 20.3 Å². The SMILES string of the molecule is COC[C@H](N)COC(C)C. The monoisotopic (exact) mass is 147 g/mol. The van der Waals surface area contributed by atoms with E-state index in [2.05, 4.69) is 0 Å². The third-order valence-electron chi connectivity index (χ3n) is 1.02. The van der Waals surface area contributed by atoms with Gasteiger partial charge in [-0.1, -0.05) is 0 Å². The van der Waals surface area contributed by atoms with Crippen molar-refractivity contribution in [2.45, 2.75) is 26.0 Å². The minimum Gasteiger partial charge on any atom is -0.383 e. The molecular weight excluding hydrogens is 130 g/mol. The first-order valence-electron chi connectivity index (χ1n) is 3.53. The standard InChI is InChI=1S/C7H17NO2/c1-6(2)10-5-7(8)4-9-3/h6-7H,4-5,8H2,1-3H3/t7-/m0/s1. The van der Waals surface area contributed by atoms with Gasteiger partial charge in [-0.3, -0.25) is 0 Å². The first kappa shape index (κ1) is 9.88. The minimum atomic E-state index is 0.00685. The predicted octanol–water partition coefficient (Wildman–Crippen LogP) is 0.385. The summed E-state index contributed by atoms with van der Waals surface area (Å²) in [5.41, 5.74) is 5.58. The van der Waals surface area contributed by atoms with E-state index in [1.54, 1.807) is 7.11 Å². The van der Waals surface area contributed by atoms with Crippen LogP contribution in [-0.4, -0.2) is 32.5 Å². The van der Waals surface area contributed by atoms with Gasteiger partial charge in [0.05, 0.1) is 25.4 Å². The lowest BCUT2D eigenvalue weighted by Crippen LogP contribution is -2.32. The Morgan fingerprint density at radius 3 is 2.30 bits per heavy atom. The number of nitrogens with two attached hydrogens (primary N) is 1. The van der Waals surface area contributed by atoms with Gasteiger partial charge in [-0.2, -0.15) is 0 Å². The summed E-state index contributed by atoms with van der Waals surface area (Å²) < 4.78 is 10.1. The molecule has 0 bridgehead atoms. The molecule has 3 nitrogen and oxygen atoms in total. The molecule has 0 aromatic rings. The van der Waals surface area contributed by atoms with Crippen LogP contribution in [0.5, 0.6) is 0 Å². The zero-order valence-electron chi connectivity index (χ0n) is 6.96. The fraction of sp³-hybridized carbons (Fsp3) is 1.00. The van der Waals surface area contributed by atoms with Crippen molar-refractivity contribution in [1.82, 2.24) is 0 Å². The highest BCUT2D eigenvalue weighted by atomic mass is 16.5. The molecule has 2 N–H and O–H groups in total. The lowest BCUT2D eigenvalue weighted by Gasteiger charge is -2.12. The van der Waals surface area contributed by atoms with Crippen LogP contribution in [0, 0.1) is 0 Å². The van der Waals surface area contributed by atoms with E-state index in [9.17, 15) is 0 Å². The molecule has 0 aliphatic carbocycles. The number of methoxy groups -OCH3 is 1. The molecule has 0 saturated heterocycles. The van der Waals surface area contributed by atoms with E-state index in [0.29, 0.717) is 13.2 Å². The van der Waals surface area contributed by atoms with Crippen LogP contribution in [0.1, 0.15) is 13.8 Å². The quantitative estimate of drug-likeness (QED) is 0.611. The van der Waals surface area contributed by atoms with E-state index < -0.39 is 0 Å². The summed E-state index contributed by atoms with van der Waals surface area (Å²) in [6, 6.07) is 0.00685. The second-order valence-electron chi connectivity index (χ2n) is 2.60. The number of hydrogen-bond donors (Lipinski definition) is 1. The van der Waals surface area contributed by atoms with Crippen LogP contribution in [-0.2, 0) is 9.47 Å². The van der Waals surface area contributed by atoms with Gasteiger partial charge in [-0.15, -0.1) is 0 Å². The average molecular weight is 147 g/mol. The summed E-state index contributed by atoms with van der Waals surface area (Å²) in [6.07, 6.45) is 0.253. The molecule has 0 radical (unpaired) electrons. The zero-order chi connectivity index (χ0) is 7.98. The van der Waals surface area contributed by atoms with Gasteiger partial charge in [-0.25, -0.2) is 0 Å². The van der Waals surface area contributed by atoms with Crippen LogP contribution in [0.15, 0.2) is 0 Å². The molecule has 0 unspecified atom stereocenters. The van der Waals surface area contributed by atoms with Crippen molar-refractivity contribution in [3.63, 3.8) is 0 Å². The second-order valence-corrected chi connectivity index (χ2v) is 2.60. The number of ether oxygens (including phenoxy) is 2. The lowest BCUT2D eigenvalue weighted by atomic mass is 10.3. The Morgan fingerprint density at radius 2 is 1.90 bits per heavy atom. The maximum atomic E-state index is 5.58. The fourth-order valence-corrected chi connectivity index (χ4v) is 0.578. The van der Waals surface area contributed by atoms with Crippen molar-refractivity contribution < 1.29 is 9.47 Å². The molecule has 0 aliphatic heterocycles. The molecule has 62 valence electrons. The Hall–Kier alpha value is -0.120. The molecule has 0 heterocycles. The molecule has 10 heavy (non-hydrogen) atoms. The van der Waals surface area contributed by atoms with Gasteiger partial charge in [-0.05, 0) is 13.8 Å². The predicted molar refractivity (Wildman–Crippen MR) is 40.9 cm³/mol. The van der Waals surface area contributed by atoms with Crippen LogP contribution in [0.25, 0.3) is 0 Å². The summed E-state index contributed by atoms with van der Waals surface area (Å²) in [5, 5.41) is 0. The van der Waals surface area contributed by atoms with Gasteiger partial charge in [0.15, 0.2) is 0 Å². The van der Waals surface area contributed by atoms with Gasteiger partial charge in [0.2, 0.25) is 0 Å². The Bertz CT molecular complexity index is 76.0. The van der Waals surface area contributed by atoms with E-state index in [4.69, 9.17) is 15.2 Å². The third-order valence-corrected chi connectivity index (χ3v) is 1.02. The summed E-state index contributed by atoms with van der Waals surface area (Å²) in [5.74, 6) is 0. The van der Waals surface area contributed by atoms with Gasteiger partial charge < -0.3 is 15.2 Å². The topological polar surface area (TPSA) is 44.5 Å². The lowest BCUT2D eigenvalue weighted by molar-refractivity contribution is 0.0488. The molecule has 0 saturated carbocycles. The molecule has 0 spiro atoms. The second kappa shape index (κ2) is 5.65. The highest BCUT2D eigenvalue weighted by Crippen LogP contribution is 1.89. The van der Waals surface area contributed by atoms with Crippen LogP contribution < -0.4 is 5.73 Å². The molecule has 0 aromatic carbocycles. The van der Waals surface area contributed by atoms with E-state index in [-0.39, 0.29) is 12.1 Å². The molecule has 0 fully saturated rings. The largest absolute Gasteiger partial charge is 0.383 e. The smallest absolute Gasteiger partial charge is 0.0643 e. The number of hydrogen-bond acceptors (Lipinski definition) is 3. The average Bonchev–Trinajstić information content (AvgIpc) is 1.85. The fourth-order valence-electron chi connectivity index (χ4n) is 0.578. The van der Waals surface area contributed by atoms with Crippen molar-refractivity contribution >= 4 is 0 Å². The van der Waals surface area contributed by atoms with E-state index >= 15 is 0 Å². The van der Waals surface area contributed by atoms with Crippen LogP contribution in [0.2, 0.25) is 0 Å². The van der Waals surface area contributed by atoms with Crippen molar-refractivity contribution in [1.29, 1.82) is 0 Å². The molecule has 1 atom stereocenters. The third kappa shape index (κ3) is 6.01. The summed E-state index contributed by atoms with van der Waals surface area (Å²) >= 11 is 0. The van der Waals surface area contributed by atoms with E-state index in [1.807, 2.05) is 13.8 Å². The highest BCUT2D eigenvalue weighted by Gasteiger charge is 2.01. The van der Waals surface area contributed by atoms with Crippen molar-refractivity contribution in [2.24, 2.45) is 5.73 Å². The van der Waals surface area contributed by atoms with Crippen molar-refractivity contribution in [3.05, 3.63) is 0 Å². The first-order valence-corrected chi connectivity index (χ1v) is 3.53. The summed E-state index contributed by atoms with van der Waals surface area (Å²) in [6.45, 7) is 5.11. The molecule has 0 rings (SSSR count). The molecule has 0 aromatic heterocycles. The molecular formula is C7H17NO2. The summed E-state index contributed by atoms with van der Waals surface area (Å²) in [7, 11) is 1.63. The zero-order valence-corrected chi connectivity index (χ0v) is 6.96. The highest BCUT2D eigenvalue weighted by molar-refractivity contribution is 4.57. The van der Waals surface area contributed by atoms with E-state index in [1.165, 1.54) is 0 Å². The molecule has 0 amide bonds. The minimum absolute atomic E-state index is 0.00685. The maximum absolute atomic E-state index is 5.58. The van der Waals surface area contributed by atoms with Gasteiger partial charge in [0.1, 0.15) is 0 Å². The van der Waals surface area contributed by atoms with Gasteiger partial charge in [0.25, 0.3) is 0 Å². The van der Waals surface area contributed by atoms with Gasteiger partial charge >= 0.3 is 0 Å². The Morgan fingerprint density at radius 1 is 1.30 bits per heavy atom. The van der Waals surface area contributed by atoms with Crippen LogP contribution in [0.3, 0.4) is 0 Å². The van der Waals surface area contributed by atoms with Crippen molar-refractivity contribution in [3.8, 4) is 0 Å². The molecule has 3 heteroatoms. The van der Waals surface area contributed by atoms with E-state index in [0.717, 1.165) is 0 Å². The van der Waals surface area contributed by atoms with Crippen LogP contribution in [0.4, 0.5) is 0 Å². The van der Waals surface area contributed by atoms with Gasteiger partial charge in [0, 0.05) is 7.11 Å². The Kier molecular flexibility index (Phi) is 5.58.